The number of benzene rings is 1. The van der Waals surface area contributed by atoms with Gasteiger partial charge in [0.15, 0.2) is 0 Å². The molecule has 0 radical (unpaired) electrons. The van der Waals surface area contributed by atoms with Crippen molar-refractivity contribution in [2.75, 3.05) is 0 Å². The topological polar surface area (TPSA) is 64.0 Å². The molecule has 0 saturated heterocycles. The normalized spacial score (nSPS) is 11.3. The number of halogens is 2. The van der Waals surface area contributed by atoms with Crippen LogP contribution in [0.1, 0.15) is 31.1 Å². The molecule has 0 atom stereocenters. The van der Waals surface area contributed by atoms with Gasteiger partial charge >= 0.3 is 0 Å². The lowest BCUT2D eigenvalue weighted by Gasteiger charge is -2.20. The van der Waals surface area contributed by atoms with Gasteiger partial charge in [-0.05, 0) is 45.0 Å². The van der Waals surface area contributed by atoms with Crippen LogP contribution in [0.4, 0.5) is 0 Å². The fraction of sp³-hybridized carbons (Fsp3) is 0.267. The summed E-state index contributed by atoms with van der Waals surface area (Å²) in [7, 11) is 0. The van der Waals surface area contributed by atoms with Gasteiger partial charge in [-0.1, -0.05) is 23.2 Å². The highest BCUT2D eigenvalue weighted by Gasteiger charge is 2.15. The Bertz CT molecular complexity index is 762. The molecule has 1 amide bonds. The highest BCUT2D eigenvalue weighted by atomic mass is 35.5. The first-order valence-electron chi connectivity index (χ1n) is 6.55. The first kappa shape index (κ1) is 16.5. The lowest BCUT2D eigenvalue weighted by molar-refractivity contribution is 0.0919. The first-order valence-corrected chi connectivity index (χ1v) is 7.31. The smallest absolute Gasteiger partial charge is 0.291 e. The van der Waals surface area contributed by atoms with Crippen LogP contribution >= 0.6 is 23.2 Å². The molecular formula is C15H15Cl2N3O2. The van der Waals surface area contributed by atoms with Gasteiger partial charge in [0.25, 0.3) is 11.5 Å². The van der Waals surface area contributed by atoms with Crippen LogP contribution in [0.25, 0.3) is 5.69 Å². The number of carbonyl (C=O) groups excluding carboxylic acids is 1. The largest absolute Gasteiger partial charge is 0.347 e. The van der Waals surface area contributed by atoms with E-state index >= 15 is 0 Å². The maximum atomic E-state index is 12.0. The van der Waals surface area contributed by atoms with E-state index in [0.717, 1.165) is 4.68 Å². The van der Waals surface area contributed by atoms with E-state index in [-0.39, 0.29) is 21.5 Å². The number of hydrogen-bond acceptors (Lipinski definition) is 3. The molecule has 2 aromatic rings. The van der Waals surface area contributed by atoms with Crippen LogP contribution in [-0.4, -0.2) is 21.2 Å². The van der Waals surface area contributed by atoms with Crippen LogP contribution < -0.4 is 10.9 Å². The Hall–Kier alpha value is -1.85. The number of nitrogens with zero attached hydrogens (tertiary/aromatic N) is 2. The molecule has 2 rings (SSSR count). The zero-order chi connectivity index (χ0) is 16.5. The lowest BCUT2D eigenvalue weighted by Crippen LogP contribution is -2.40. The van der Waals surface area contributed by atoms with E-state index in [9.17, 15) is 9.59 Å². The lowest BCUT2D eigenvalue weighted by atomic mass is 10.1. The number of nitrogens with one attached hydrogen (secondary N) is 1. The summed E-state index contributed by atoms with van der Waals surface area (Å²) in [6, 6.07) is 6.48. The average Bonchev–Trinajstić information content (AvgIpc) is 2.43. The van der Waals surface area contributed by atoms with Crippen molar-refractivity contribution in [3.8, 4) is 5.69 Å². The number of aromatic nitrogens is 2. The van der Waals surface area contributed by atoms with Crippen molar-refractivity contribution in [2.24, 2.45) is 0 Å². The predicted octanol–water partition coefficient (Wildman–Crippen LogP) is 3.07. The molecule has 1 aromatic carbocycles. The number of amides is 1. The van der Waals surface area contributed by atoms with Crippen LogP contribution in [0.5, 0.6) is 0 Å². The van der Waals surface area contributed by atoms with E-state index in [1.54, 1.807) is 24.3 Å². The molecule has 1 N–H and O–H groups in total. The second-order valence-electron chi connectivity index (χ2n) is 5.77. The molecule has 0 fully saturated rings. The molecule has 0 aliphatic carbocycles. The summed E-state index contributed by atoms with van der Waals surface area (Å²) >= 11 is 11.6. The molecule has 0 bridgehead atoms. The van der Waals surface area contributed by atoms with Gasteiger partial charge in [0.2, 0.25) is 0 Å². The molecule has 0 saturated carbocycles. The van der Waals surface area contributed by atoms with Gasteiger partial charge < -0.3 is 5.32 Å². The Morgan fingerprint density at radius 2 is 1.77 bits per heavy atom. The molecule has 0 aliphatic rings. The third-order valence-electron chi connectivity index (χ3n) is 2.74. The minimum absolute atomic E-state index is 0.0915. The van der Waals surface area contributed by atoms with E-state index in [2.05, 4.69) is 10.4 Å². The van der Waals surface area contributed by atoms with Crippen LogP contribution in [-0.2, 0) is 0 Å². The molecule has 1 heterocycles. The third kappa shape index (κ3) is 3.67. The van der Waals surface area contributed by atoms with Crippen molar-refractivity contribution in [1.29, 1.82) is 0 Å². The van der Waals surface area contributed by atoms with E-state index in [0.29, 0.717) is 11.3 Å². The van der Waals surface area contributed by atoms with E-state index in [1.165, 1.54) is 6.20 Å². The standard InChI is InChI=1S/C15H15Cl2N3O2/c1-15(2,3)19-13(21)9-4-6-10(7-5-9)20-14(22)12(17)11(16)8-18-20/h4-8H,1-3H3,(H,19,21). The molecule has 116 valence electrons. The maximum Gasteiger partial charge on any atom is 0.291 e. The summed E-state index contributed by atoms with van der Waals surface area (Å²) in [5.74, 6) is -0.187. The summed E-state index contributed by atoms with van der Waals surface area (Å²) in [4.78, 5) is 24.0. The summed E-state index contributed by atoms with van der Waals surface area (Å²) in [5.41, 5.74) is 0.154. The molecule has 5 nitrogen and oxygen atoms in total. The average molecular weight is 340 g/mol. The van der Waals surface area contributed by atoms with Gasteiger partial charge in [0, 0.05) is 11.1 Å². The Kier molecular flexibility index (Phi) is 4.58. The van der Waals surface area contributed by atoms with Gasteiger partial charge in [-0.2, -0.15) is 9.78 Å². The van der Waals surface area contributed by atoms with Crippen LogP contribution in [0, 0.1) is 0 Å². The van der Waals surface area contributed by atoms with E-state index < -0.39 is 5.56 Å². The Labute approximate surface area is 137 Å². The van der Waals surface area contributed by atoms with E-state index in [4.69, 9.17) is 23.2 Å². The monoisotopic (exact) mass is 339 g/mol. The number of rotatable bonds is 2. The molecule has 0 unspecified atom stereocenters. The second kappa shape index (κ2) is 6.10. The minimum atomic E-state index is -0.513. The Morgan fingerprint density at radius 3 is 2.32 bits per heavy atom. The zero-order valence-electron chi connectivity index (χ0n) is 12.4. The summed E-state index contributed by atoms with van der Waals surface area (Å²) in [5, 5.41) is 6.80. The van der Waals surface area contributed by atoms with Crippen LogP contribution in [0.3, 0.4) is 0 Å². The van der Waals surface area contributed by atoms with Crippen LogP contribution in [0.15, 0.2) is 35.3 Å². The Morgan fingerprint density at radius 1 is 1.18 bits per heavy atom. The van der Waals surface area contributed by atoms with E-state index in [1.807, 2.05) is 20.8 Å². The second-order valence-corrected chi connectivity index (χ2v) is 6.56. The van der Waals surface area contributed by atoms with Gasteiger partial charge in [-0.25, -0.2) is 0 Å². The summed E-state index contributed by atoms with van der Waals surface area (Å²) in [6.45, 7) is 5.70. The van der Waals surface area contributed by atoms with Gasteiger partial charge in [0.05, 0.1) is 16.9 Å². The number of carbonyl (C=O) groups is 1. The maximum absolute atomic E-state index is 12.0. The fourth-order valence-corrected chi connectivity index (χ4v) is 2.02. The molecule has 0 aliphatic heterocycles. The predicted molar refractivity (Wildman–Crippen MR) is 87.1 cm³/mol. The van der Waals surface area contributed by atoms with Gasteiger partial charge in [-0.15, -0.1) is 0 Å². The van der Waals surface area contributed by atoms with Crippen molar-refractivity contribution in [1.82, 2.24) is 15.1 Å². The Balaban J connectivity index is 2.32. The molecule has 22 heavy (non-hydrogen) atoms. The molecule has 1 aromatic heterocycles. The highest BCUT2D eigenvalue weighted by molar-refractivity contribution is 6.41. The first-order chi connectivity index (χ1) is 10.2. The minimum Gasteiger partial charge on any atom is -0.347 e. The fourth-order valence-electron chi connectivity index (χ4n) is 1.76. The van der Waals surface area contributed by atoms with Crippen molar-refractivity contribution in [3.05, 3.63) is 56.4 Å². The molecule has 0 spiro atoms. The van der Waals surface area contributed by atoms with Crippen molar-refractivity contribution in [2.45, 2.75) is 26.3 Å². The summed E-state index contributed by atoms with van der Waals surface area (Å²) < 4.78 is 1.12. The van der Waals surface area contributed by atoms with Gasteiger partial charge in [-0.3, -0.25) is 9.59 Å². The molecule has 7 heteroatoms. The third-order valence-corrected chi connectivity index (χ3v) is 3.49. The van der Waals surface area contributed by atoms with Gasteiger partial charge in [0.1, 0.15) is 5.02 Å². The van der Waals surface area contributed by atoms with Crippen molar-refractivity contribution >= 4 is 29.1 Å². The number of hydrogen-bond donors (Lipinski definition) is 1. The highest BCUT2D eigenvalue weighted by Crippen LogP contribution is 2.16. The quantitative estimate of drug-likeness (QED) is 0.914. The summed E-state index contributed by atoms with van der Waals surface area (Å²) in [6.07, 6.45) is 1.30. The van der Waals surface area contributed by atoms with Crippen molar-refractivity contribution < 1.29 is 4.79 Å². The molecular weight excluding hydrogens is 325 g/mol. The zero-order valence-corrected chi connectivity index (χ0v) is 13.9. The SMILES string of the molecule is CC(C)(C)NC(=O)c1ccc(-n2ncc(Cl)c(Cl)c2=O)cc1. The van der Waals surface area contributed by atoms with Crippen molar-refractivity contribution in [3.63, 3.8) is 0 Å². The van der Waals surface area contributed by atoms with Crippen LogP contribution in [0.2, 0.25) is 10.0 Å².